The Morgan fingerprint density at radius 2 is 1.67 bits per heavy atom. The second-order valence-electron chi connectivity index (χ2n) is 5.34. The van der Waals surface area contributed by atoms with Gasteiger partial charge in [-0.25, -0.2) is 0 Å². The summed E-state index contributed by atoms with van der Waals surface area (Å²) < 4.78 is 10.7. The van der Waals surface area contributed by atoms with Crippen LogP contribution in [0.15, 0.2) is 18.2 Å². The van der Waals surface area contributed by atoms with Gasteiger partial charge >= 0.3 is 0 Å². The van der Waals surface area contributed by atoms with Crippen molar-refractivity contribution in [2.75, 3.05) is 27.3 Å². The zero-order chi connectivity index (χ0) is 15.9. The van der Waals surface area contributed by atoms with E-state index in [2.05, 4.69) is 31.7 Å². The number of rotatable bonds is 9. The van der Waals surface area contributed by atoms with Crippen molar-refractivity contribution in [3.63, 3.8) is 0 Å². The average Bonchev–Trinajstić information content (AvgIpc) is 2.55. The predicted octanol–water partition coefficient (Wildman–Crippen LogP) is 3.04. The predicted molar refractivity (Wildman–Crippen MR) is 88.0 cm³/mol. The van der Waals surface area contributed by atoms with Crippen LogP contribution in [0.3, 0.4) is 0 Å². The number of ether oxygens (including phenoxy) is 2. The van der Waals surface area contributed by atoms with Crippen molar-refractivity contribution in [1.29, 1.82) is 0 Å². The molecule has 21 heavy (non-hydrogen) atoms. The highest BCUT2D eigenvalue weighted by Gasteiger charge is 2.31. The Morgan fingerprint density at radius 1 is 1.05 bits per heavy atom. The van der Waals surface area contributed by atoms with E-state index in [0.29, 0.717) is 6.54 Å². The highest BCUT2D eigenvalue weighted by molar-refractivity contribution is 5.42. The first-order valence-corrected chi connectivity index (χ1v) is 7.76. The Kier molecular flexibility index (Phi) is 6.99. The SMILES string of the molecule is CCN(Cc1ccc(OC)c(OC)c1)C(CC)(CC)CN. The maximum Gasteiger partial charge on any atom is 0.161 e. The molecule has 0 unspecified atom stereocenters. The van der Waals surface area contributed by atoms with E-state index in [1.54, 1.807) is 14.2 Å². The molecule has 0 heterocycles. The largest absolute Gasteiger partial charge is 0.493 e. The minimum absolute atomic E-state index is 0.0713. The molecule has 0 amide bonds. The minimum atomic E-state index is 0.0713. The molecule has 0 aliphatic rings. The lowest BCUT2D eigenvalue weighted by molar-refractivity contribution is 0.0827. The summed E-state index contributed by atoms with van der Waals surface area (Å²) in [5.41, 5.74) is 7.36. The van der Waals surface area contributed by atoms with Crippen LogP contribution >= 0.6 is 0 Å². The summed E-state index contributed by atoms with van der Waals surface area (Å²) in [4.78, 5) is 2.47. The van der Waals surface area contributed by atoms with E-state index in [1.165, 1.54) is 5.56 Å². The summed E-state index contributed by atoms with van der Waals surface area (Å²) in [7, 11) is 3.32. The van der Waals surface area contributed by atoms with Crippen molar-refractivity contribution in [3.8, 4) is 11.5 Å². The van der Waals surface area contributed by atoms with Gasteiger partial charge in [0.1, 0.15) is 0 Å². The van der Waals surface area contributed by atoms with E-state index >= 15 is 0 Å². The van der Waals surface area contributed by atoms with Gasteiger partial charge in [0.2, 0.25) is 0 Å². The van der Waals surface area contributed by atoms with Gasteiger partial charge in [0.15, 0.2) is 11.5 Å². The van der Waals surface area contributed by atoms with Crippen LogP contribution < -0.4 is 15.2 Å². The maximum absolute atomic E-state index is 6.07. The number of likely N-dealkylation sites (N-methyl/N-ethyl adjacent to an activating group) is 1. The third-order valence-corrected chi connectivity index (χ3v) is 4.57. The Hall–Kier alpha value is -1.26. The van der Waals surface area contributed by atoms with Crippen LogP contribution in [0, 0.1) is 0 Å². The standard InChI is InChI=1S/C17H30N2O2/c1-6-17(7-2,13-18)19(8-3)12-14-9-10-15(20-4)16(11-14)21-5/h9-11H,6-8,12-13,18H2,1-5H3. The lowest BCUT2D eigenvalue weighted by Crippen LogP contribution is -2.52. The Balaban J connectivity index is 3.01. The van der Waals surface area contributed by atoms with Gasteiger partial charge in [0, 0.05) is 18.6 Å². The summed E-state index contributed by atoms with van der Waals surface area (Å²) in [5, 5.41) is 0. The number of benzene rings is 1. The summed E-state index contributed by atoms with van der Waals surface area (Å²) in [6.45, 7) is 9.15. The molecular formula is C17H30N2O2. The molecule has 1 aromatic carbocycles. The Bertz CT molecular complexity index is 423. The Labute approximate surface area is 129 Å². The summed E-state index contributed by atoms with van der Waals surface area (Å²) >= 11 is 0. The number of nitrogens with two attached hydrogens (primary N) is 1. The van der Waals surface area contributed by atoms with Gasteiger partial charge in [0.25, 0.3) is 0 Å². The van der Waals surface area contributed by atoms with Crippen molar-refractivity contribution in [2.45, 2.75) is 45.7 Å². The zero-order valence-corrected chi connectivity index (χ0v) is 14.1. The van der Waals surface area contributed by atoms with Crippen LogP contribution in [-0.4, -0.2) is 37.7 Å². The highest BCUT2D eigenvalue weighted by Crippen LogP contribution is 2.30. The summed E-state index contributed by atoms with van der Waals surface area (Å²) in [5.74, 6) is 1.54. The van der Waals surface area contributed by atoms with E-state index < -0.39 is 0 Å². The molecule has 0 aliphatic carbocycles. The third kappa shape index (κ3) is 3.89. The van der Waals surface area contributed by atoms with Gasteiger partial charge in [0.05, 0.1) is 14.2 Å². The molecular weight excluding hydrogens is 264 g/mol. The van der Waals surface area contributed by atoms with Gasteiger partial charge in [-0.1, -0.05) is 26.8 Å². The van der Waals surface area contributed by atoms with Crippen LogP contribution in [0.5, 0.6) is 11.5 Å². The van der Waals surface area contributed by atoms with Gasteiger partial charge in [-0.3, -0.25) is 4.90 Å². The van der Waals surface area contributed by atoms with Crippen molar-refractivity contribution < 1.29 is 9.47 Å². The first-order chi connectivity index (χ1) is 10.1. The van der Waals surface area contributed by atoms with Crippen molar-refractivity contribution in [2.24, 2.45) is 5.73 Å². The highest BCUT2D eigenvalue weighted by atomic mass is 16.5. The fraction of sp³-hybridized carbons (Fsp3) is 0.647. The second-order valence-corrected chi connectivity index (χ2v) is 5.34. The first kappa shape index (κ1) is 17.8. The zero-order valence-electron chi connectivity index (χ0n) is 14.1. The van der Waals surface area contributed by atoms with Gasteiger partial charge in [-0.15, -0.1) is 0 Å². The fourth-order valence-corrected chi connectivity index (χ4v) is 2.93. The molecule has 1 rings (SSSR count). The monoisotopic (exact) mass is 294 g/mol. The van der Waals surface area contributed by atoms with E-state index in [1.807, 2.05) is 12.1 Å². The van der Waals surface area contributed by atoms with Gasteiger partial charge < -0.3 is 15.2 Å². The molecule has 0 spiro atoms. The van der Waals surface area contributed by atoms with Gasteiger partial charge in [-0.2, -0.15) is 0 Å². The van der Waals surface area contributed by atoms with Crippen LogP contribution in [0.1, 0.15) is 39.2 Å². The van der Waals surface area contributed by atoms with Crippen LogP contribution in [0.4, 0.5) is 0 Å². The van der Waals surface area contributed by atoms with E-state index in [-0.39, 0.29) is 5.54 Å². The van der Waals surface area contributed by atoms with E-state index in [9.17, 15) is 0 Å². The lowest BCUT2D eigenvalue weighted by Gasteiger charge is -2.42. The number of hydrogen-bond acceptors (Lipinski definition) is 4. The van der Waals surface area contributed by atoms with Crippen molar-refractivity contribution in [1.82, 2.24) is 4.90 Å². The van der Waals surface area contributed by atoms with Crippen LogP contribution in [0.2, 0.25) is 0 Å². The molecule has 0 bridgehead atoms. The molecule has 0 radical (unpaired) electrons. The van der Waals surface area contributed by atoms with Crippen molar-refractivity contribution in [3.05, 3.63) is 23.8 Å². The van der Waals surface area contributed by atoms with Crippen LogP contribution in [0.25, 0.3) is 0 Å². The molecule has 4 heteroatoms. The quantitative estimate of drug-likeness (QED) is 0.760. The normalized spacial score (nSPS) is 11.8. The molecule has 0 saturated heterocycles. The second kappa shape index (κ2) is 8.25. The molecule has 120 valence electrons. The van der Waals surface area contributed by atoms with Crippen LogP contribution in [-0.2, 0) is 6.54 Å². The minimum Gasteiger partial charge on any atom is -0.493 e. The van der Waals surface area contributed by atoms with E-state index in [4.69, 9.17) is 15.2 Å². The first-order valence-electron chi connectivity index (χ1n) is 7.76. The molecule has 0 aromatic heterocycles. The number of methoxy groups -OCH3 is 2. The molecule has 4 nitrogen and oxygen atoms in total. The summed E-state index contributed by atoms with van der Waals surface area (Å²) in [6, 6.07) is 6.11. The molecule has 0 atom stereocenters. The molecule has 2 N–H and O–H groups in total. The van der Waals surface area contributed by atoms with E-state index in [0.717, 1.165) is 37.4 Å². The third-order valence-electron chi connectivity index (χ3n) is 4.57. The topological polar surface area (TPSA) is 47.7 Å². The molecule has 0 aliphatic heterocycles. The smallest absolute Gasteiger partial charge is 0.161 e. The fourth-order valence-electron chi connectivity index (χ4n) is 2.93. The molecule has 0 fully saturated rings. The van der Waals surface area contributed by atoms with Gasteiger partial charge in [-0.05, 0) is 37.1 Å². The number of hydrogen-bond donors (Lipinski definition) is 1. The Morgan fingerprint density at radius 3 is 2.10 bits per heavy atom. The average molecular weight is 294 g/mol. The number of nitrogens with zero attached hydrogens (tertiary/aromatic N) is 1. The molecule has 1 aromatic rings. The maximum atomic E-state index is 6.07. The lowest BCUT2D eigenvalue weighted by atomic mass is 9.90. The molecule has 0 saturated carbocycles. The summed E-state index contributed by atoms with van der Waals surface area (Å²) in [6.07, 6.45) is 2.11. The van der Waals surface area contributed by atoms with Crippen molar-refractivity contribution >= 4 is 0 Å².